The number of amides is 2. The van der Waals surface area contributed by atoms with Crippen molar-refractivity contribution < 1.29 is 22.7 Å². The minimum atomic E-state index is -3.74. The number of ether oxygens (including phenoxy) is 1. The lowest BCUT2D eigenvalue weighted by atomic mass is 10.2. The molecule has 2 amide bonds. The van der Waals surface area contributed by atoms with Gasteiger partial charge in [-0.3, -0.25) is 0 Å². The summed E-state index contributed by atoms with van der Waals surface area (Å²) in [4.78, 5) is 24.2. The van der Waals surface area contributed by atoms with E-state index in [2.05, 4.69) is 10.6 Å². The van der Waals surface area contributed by atoms with E-state index in [1.165, 1.54) is 44.4 Å². The van der Waals surface area contributed by atoms with Crippen LogP contribution in [0.3, 0.4) is 0 Å². The van der Waals surface area contributed by atoms with Gasteiger partial charge in [0.1, 0.15) is 5.75 Å². The van der Waals surface area contributed by atoms with Gasteiger partial charge in [0, 0.05) is 32.4 Å². The van der Waals surface area contributed by atoms with Crippen LogP contribution in [0.15, 0.2) is 47.4 Å². The van der Waals surface area contributed by atoms with Crippen molar-refractivity contribution in [2.45, 2.75) is 18.2 Å². The third kappa shape index (κ3) is 5.93. The van der Waals surface area contributed by atoms with Crippen molar-refractivity contribution >= 4 is 39.3 Å². The van der Waals surface area contributed by atoms with Gasteiger partial charge in [-0.1, -0.05) is 24.6 Å². The van der Waals surface area contributed by atoms with Crippen LogP contribution in [0.5, 0.6) is 5.75 Å². The van der Waals surface area contributed by atoms with E-state index in [0.29, 0.717) is 12.2 Å². The molecule has 8 nitrogen and oxygen atoms in total. The van der Waals surface area contributed by atoms with Crippen LogP contribution >= 0.6 is 11.6 Å². The number of hydrogen-bond acceptors (Lipinski definition) is 5. The van der Waals surface area contributed by atoms with Gasteiger partial charge in [0.15, 0.2) is 0 Å². The van der Waals surface area contributed by atoms with Crippen molar-refractivity contribution in [2.24, 2.45) is 0 Å². The quantitative estimate of drug-likeness (QED) is 0.508. The van der Waals surface area contributed by atoms with Crippen molar-refractivity contribution in [3.05, 3.63) is 53.1 Å². The van der Waals surface area contributed by atoms with Crippen LogP contribution < -0.4 is 15.4 Å². The molecule has 29 heavy (non-hydrogen) atoms. The Morgan fingerprint density at radius 2 is 1.86 bits per heavy atom. The zero-order chi connectivity index (χ0) is 21.6. The molecule has 0 unspecified atom stereocenters. The maximum absolute atomic E-state index is 12.5. The largest absolute Gasteiger partial charge is 0.423 e. The zero-order valence-electron chi connectivity index (χ0n) is 16.2. The molecule has 0 aliphatic heterocycles. The van der Waals surface area contributed by atoms with E-state index in [-0.39, 0.29) is 27.3 Å². The molecular weight excluding hydrogens is 418 g/mol. The van der Waals surface area contributed by atoms with Crippen molar-refractivity contribution in [3.8, 4) is 5.75 Å². The standard InChI is InChI=1S/C19H22ClN3O5S/c1-4-10-21-19(25)22-13-6-5-7-14(11-13)28-18(24)16-12-15(8-9-17(16)20)29(26,27)23(2)3/h5-9,11-12H,4,10H2,1-3H3,(H2,21,22,25). The number of nitrogens with zero attached hydrogens (tertiary/aromatic N) is 1. The van der Waals surface area contributed by atoms with Gasteiger partial charge in [0.2, 0.25) is 10.0 Å². The van der Waals surface area contributed by atoms with Gasteiger partial charge < -0.3 is 15.4 Å². The first-order valence-electron chi connectivity index (χ1n) is 8.74. The molecule has 10 heteroatoms. The number of nitrogens with one attached hydrogen (secondary N) is 2. The summed E-state index contributed by atoms with van der Waals surface area (Å²) in [7, 11) is -0.966. The summed E-state index contributed by atoms with van der Waals surface area (Å²) in [5, 5.41) is 5.35. The zero-order valence-corrected chi connectivity index (χ0v) is 17.8. The first-order valence-corrected chi connectivity index (χ1v) is 10.6. The Balaban J connectivity index is 2.20. The smallest absolute Gasteiger partial charge is 0.345 e. The number of sulfonamides is 1. The Morgan fingerprint density at radius 3 is 2.52 bits per heavy atom. The van der Waals surface area contributed by atoms with Gasteiger partial charge in [0.05, 0.1) is 15.5 Å². The van der Waals surface area contributed by atoms with Gasteiger partial charge in [-0.15, -0.1) is 0 Å². The summed E-state index contributed by atoms with van der Waals surface area (Å²) in [6, 6.07) is 9.67. The lowest BCUT2D eigenvalue weighted by Gasteiger charge is -2.13. The van der Waals surface area contributed by atoms with Crippen LogP contribution in [0.1, 0.15) is 23.7 Å². The summed E-state index contributed by atoms with van der Waals surface area (Å²) in [6.07, 6.45) is 0.800. The average Bonchev–Trinajstić information content (AvgIpc) is 2.66. The van der Waals surface area contributed by atoms with Gasteiger partial charge in [0.25, 0.3) is 0 Å². The summed E-state index contributed by atoms with van der Waals surface area (Å²) >= 11 is 6.06. The molecule has 2 aromatic carbocycles. The lowest BCUT2D eigenvalue weighted by molar-refractivity contribution is 0.0735. The van der Waals surface area contributed by atoms with Crippen LogP contribution in [-0.2, 0) is 10.0 Å². The summed E-state index contributed by atoms with van der Waals surface area (Å²) in [6.45, 7) is 2.47. The van der Waals surface area contributed by atoms with Gasteiger partial charge in [-0.05, 0) is 36.8 Å². The maximum Gasteiger partial charge on any atom is 0.345 e. The van der Waals surface area contributed by atoms with Crippen molar-refractivity contribution in [3.63, 3.8) is 0 Å². The van der Waals surface area contributed by atoms with Crippen LogP contribution in [0.25, 0.3) is 0 Å². The summed E-state index contributed by atoms with van der Waals surface area (Å²) in [5.74, 6) is -0.654. The monoisotopic (exact) mass is 439 g/mol. The number of carbonyl (C=O) groups excluding carboxylic acids is 2. The number of rotatable bonds is 7. The molecule has 0 aliphatic rings. The molecule has 2 N–H and O–H groups in total. The molecule has 0 atom stereocenters. The highest BCUT2D eigenvalue weighted by molar-refractivity contribution is 7.89. The van der Waals surface area contributed by atoms with E-state index in [4.69, 9.17) is 16.3 Å². The van der Waals surface area contributed by atoms with Crippen LogP contribution in [0, 0.1) is 0 Å². The second kappa shape index (κ2) is 9.73. The van der Waals surface area contributed by atoms with E-state index < -0.39 is 16.0 Å². The Kier molecular flexibility index (Phi) is 7.60. The number of hydrogen-bond donors (Lipinski definition) is 2. The van der Waals surface area contributed by atoms with Gasteiger partial charge >= 0.3 is 12.0 Å². The molecule has 0 bridgehead atoms. The third-order valence-corrected chi connectivity index (χ3v) is 5.91. The van der Waals surface area contributed by atoms with E-state index in [1.807, 2.05) is 6.92 Å². The molecule has 0 heterocycles. The van der Waals surface area contributed by atoms with Crippen LogP contribution in [0.4, 0.5) is 10.5 Å². The Labute approximate surface area is 174 Å². The highest BCUT2D eigenvalue weighted by atomic mass is 35.5. The highest BCUT2D eigenvalue weighted by Crippen LogP contribution is 2.25. The molecule has 0 fully saturated rings. The Morgan fingerprint density at radius 1 is 1.14 bits per heavy atom. The summed E-state index contributed by atoms with van der Waals surface area (Å²) in [5.41, 5.74) is 0.340. The first kappa shape index (κ1) is 22.7. The fourth-order valence-corrected chi connectivity index (χ4v) is 3.37. The van der Waals surface area contributed by atoms with Crippen molar-refractivity contribution in [1.82, 2.24) is 9.62 Å². The van der Waals surface area contributed by atoms with Gasteiger partial charge in [-0.25, -0.2) is 22.3 Å². The van der Waals surface area contributed by atoms with Gasteiger partial charge in [-0.2, -0.15) is 0 Å². The minimum Gasteiger partial charge on any atom is -0.423 e. The molecule has 0 saturated carbocycles. The number of halogens is 1. The molecule has 0 saturated heterocycles. The predicted octanol–water partition coefficient (Wildman–Crippen LogP) is 3.34. The number of anilines is 1. The second-order valence-corrected chi connectivity index (χ2v) is 8.79. The van der Waals surface area contributed by atoms with E-state index in [9.17, 15) is 18.0 Å². The molecule has 0 spiro atoms. The molecule has 0 aromatic heterocycles. The number of urea groups is 1. The van der Waals surface area contributed by atoms with Crippen molar-refractivity contribution in [1.29, 1.82) is 0 Å². The maximum atomic E-state index is 12.5. The normalized spacial score (nSPS) is 11.2. The fraction of sp³-hybridized carbons (Fsp3) is 0.263. The SMILES string of the molecule is CCCNC(=O)Nc1cccc(OC(=O)c2cc(S(=O)(=O)N(C)C)ccc2Cl)c1. The second-order valence-electron chi connectivity index (χ2n) is 6.23. The lowest BCUT2D eigenvalue weighted by Crippen LogP contribution is -2.29. The van der Waals surface area contributed by atoms with Crippen LogP contribution in [0.2, 0.25) is 5.02 Å². The topological polar surface area (TPSA) is 105 Å². The molecule has 2 rings (SSSR count). The molecular formula is C19H22ClN3O5S. The Hall–Kier alpha value is -2.62. The third-order valence-electron chi connectivity index (χ3n) is 3.77. The van der Waals surface area contributed by atoms with E-state index >= 15 is 0 Å². The predicted molar refractivity (Wildman–Crippen MR) is 111 cm³/mol. The molecule has 156 valence electrons. The van der Waals surface area contributed by atoms with E-state index in [1.54, 1.807) is 12.1 Å². The number of carbonyl (C=O) groups is 2. The number of esters is 1. The summed E-state index contributed by atoms with van der Waals surface area (Å²) < 4.78 is 30.9. The average molecular weight is 440 g/mol. The first-order chi connectivity index (χ1) is 13.6. The molecule has 0 aliphatic carbocycles. The minimum absolute atomic E-state index is 0.0564. The van der Waals surface area contributed by atoms with Crippen molar-refractivity contribution in [2.75, 3.05) is 26.0 Å². The number of benzene rings is 2. The Bertz CT molecular complexity index is 1010. The van der Waals surface area contributed by atoms with Crippen LogP contribution in [-0.4, -0.2) is 45.4 Å². The highest BCUT2D eigenvalue weighted by Gasteiger charge is 2.22. The van der Waals surface area contributed by atoms with E-state index in [0.717, 1.165) is 10.7 Å². The molecule has 0 radical (unpaired) electrons. The molecule has 2 aromatic rings. The fourth-order valence-electron chi connectivity index (χ4n) is 2.25.